The van der Waals surface area contributed by atoms with E-state index in [0.717, 1.165) is 52.5 Å². The molecule has 0 spiro atoms. The molecule has 2 aliphatic rings. The average molecular weight is 214 g/mol. The van der Waals surface area contributed by atoms with Gasteiger partial charge < -0.3 is 14.8 Å². The molecule has 2 rings (SSSR count). The predicted molar refractivity (Wildman–Crippen MR) is 59.1 cm³/mol. The lowest BCUT2D eigenvalue weighted by Gasteiger charge is -2.26. The van der Waals surface area contributed by atoms with E-state index >= 15 is 0 Å². The van der Waals surface area contributed by atoms with E-state index in [2.05, 4.69) is 10.2 Å². The molecule has 2 aliphatic heterocycles. The first-order valence-corrected chi connectivity index (χ1v) is 6.07. The summed E-state index contributed by atoms with van der Waals surface area (Å²) in [5.41, 5.74) is 0. The number of rotatable bonds is 5. The van der Waals surface area contributed by atoms with Crippen LogP contribution >= 0.6 is 0 Å². The maximum absolute atomic E-state index is 5.55. The molecule has 0 radical (unpaired) electrons. The molecule has 0 bridgehead atoms. The van der Waals surface area contributed by atoms with E-state index in [9.17, 15) is 0 Å². The summed E-state index contributed by atoms with van der Waals surface area (Å²) in [6.07, 6.45) is 2.93. The second kappa shape index (κ2) is 6.43. The first kappa shape index (κ1) is 11.3. The minimum absolute atomic E-state index is 0.467. The standard InChI is InChI=1S/C11H22N2O2/c1-2-11(15-7-1)10-12-3-4-13-5-8-14-9-6-13/h11-12H,1-10H2. The molecule has 2 fully saturated rings. The zero-order chi connectivity index (χ0) is 10.3. The monoisotopic (exact) mass is 214 g/mol. The number of ether oxygens (including phenoxy) is 2. The Morgan fingerprint density at radius 1 is 1.20 bits per heavy atom. The van der Waals surface area contributed by atoms with Gasteiger partial charge in [-0.1, -0.05) is 0 Å². The van der Waals surface area contributed by atoms with Gasteiger partial charge in [-0.2, -0.15) is 0 Å². The quantitative estimate of drug-likeness (QED) is 0.658. The van der Waals surface area contributed by atoms with Crippen molar-refractivity contribution in [3.8, 4) is 0 Å². The molecular formula is C11H22N2O2. The van der Waals surface area contributed by atoms with Crippen LogP contribution < -0.4 is 5.32 Å². The van der Waals surface area contributed by atoms with Crippen LogP contribution in [0, 0.1) is 0 Å². The molecule has 4 heteroatoms. The van der Waals surface area contributed by atoms with Gasteiger partial charge in [0.25, 0.3) is 0 Å². The van der Waals surface area contributed by atoms with Crippen molar-refractivity contribution in [1.29, 1.82) is 0 Å². The Morgan fingerprint density at radius 3 is 2.80 bits per heavy atom. The van der Waals surface area contributed by atoms with Gasteiger partial charge in [-0.15, -0.1) is 0 Å². The molecule has 1 atom stereocenters. The predicted octanol–water partition coefficient (Wildman–Crippen LogP) is 0.0872. The third-order valence-corrected chi connectivity index (χ3v) is 3.10. The highest BCUT2D eigenvalue weighted by atomic mass is 16.5. The fourth-order valence-corrected chi connectivity index (χ4v) is 2.13. The molecule has 2 saturated heterocycles. The topological polar surface area (TPSA) is 33.7 Å². The van der Waals surface area contributed by atoms with E-state index in [-0.39, 0.29) is 0 Å². The van der Waals surface area contributed by atoms with Crippen LogP contribution in [0.3, 0.4) is 0 Å². The van der Waals surface area contributed by atoms with Crippen LogP contribution in [-0.2, 0) is 9.47 Å². The second-order valence-electron chi connectivity index (χ2n) is 4.29. The van der Waals surface area contributed by atoms with Crippen LogP contribution in [0.15, 0.2) is 0 Å². The highest BCUT2D eigenvalue weighted by Gasteiger charge is 2.15. The number of morpholine rings is 1. The molecule has 0 aromatic rings. The lowest BCUT2D eigenvalue weighted by Crippen LogP contribution is -2.41. The van der Waals surface area contributed by atoms with Crippen molar-refractivity contribution in [1.82, 2.24) is 10.2 Å². The molecule has 88 valence electrons. The van der Waals surface area contributed by atoms with E-state index in [4.69, 9.17) is 9.47 Å². The number of nitrogens with zero attached hydrogens (tertiary/aromatic N) is 1. The van der Waals surface area contributed by atoms with Crippen LogP contribution in [-0.4, -0.2) is 63.5 Å². The number of nitrogens with one attached hydrogen (secondary N) is 1. The molecule has 0 aliphatic carbocycles. The zero-order valence-corrected chi connectivity index (χ0v) is 9.41. The van der Waals surface area contributed by atoms with E-state index < -0.39 is 0 Å². The van der Waals surface area contributed by atoms with Crippen molar-refractivity contribution in [2.45, 2.75) is 18.9 Å². The third-order valence-electron chi connectivity index (χ3n) is 3.10. The number of hydrogen-bond acceptors (Lipinski definition) is 4. The maximum Gasteiger partial charge on any atom is 0.0700 e. The maximum atomic E-state index is 5.55. The minimum Gasteiger partial charge on any atom is -0.379 e. The summed E-state index contributed by atoms with van der Waals surface area (Å²) >= 11 is 0. The Hall–Kier alpha value is -0.160. The first-order valence-electron chi connectivity index (χ1n) is 6.07. The van der Waals surface area contributed by atoms with Crippen molar-refractivity contribution < 1.29 is 9.47 Å². The lowest BCUT2D eigenvalue weighted by molar-refractivity contribution is 0.0377. The molecule has 2 heterocycles. The summed E-state index contributed by atoms with van der Waals surface area (Å²) in [7, 11) is 0. The molecule has 1 unspecified atom stereocenters. The Kier molecular flexibility index (Phi) is 4.86. The highest BCUT2D eigenvalue weighted by Crippen LogP contribution is 2.10. The Morgan fingerprint density at radius 2 is 2.07 bits per heavy atom. The van der Waals surface area contributed by atoms with E-state index in [0.29, 0.717) is 6.10 Å². The van der Waals surface area contributed by atoms with Gasteiger partial charge in [0.15, 0.2) is 0 Å². The van der Waals surface area contributed by atoms with Crippen LogP contribution in [0.5, 0.6) is 0 Å². The summed E-state index contributed by atoms with van der Waals surface area (Å²) in [5.74, 6) is 0. The van der Waals surface area contributed by atoms with Gasteiger partial charge in [-0.25, -0.2) is 0 Å². The third kappa shape index (κ3) is 4.07. The van der Waals surface area contributed by atoms with Crippen LogP contribution in [0.25, 0.3) is 0 Å². The van der Waals surface area contributed by atoms with Crippen LogP contribution in [0.4, 0.5) is 0 Å². The zero-order valence-electron chi connectivity index (χ0n) is 9.41. The summed E-state index contributed by atoms with van der Waals surface area (Å²) in [5, 5.41) is 3.47. The first-order chi connectivity index (χ1) is 7.45. The SMILES string of the molecule is C1COC(CNCCN2CCOCC2)C1. The lowest BCUT2D eigenvalue weighted by atomic mass is 10.2. The summed E-state index contributed by atoms with van der Waals surface area (Å²) < 4.78 is 10.9. The van der Waals surface area contributed by atoms with Gasteiger partial charge in [0.2, 0.25) is 0 Å². The van der Waals surface area contributed by atoms with Gasteiger partial charge in [0, 0.05) is 39.3 Å². The average Bonchev–Trinajstić information content (AvgIpc) is 2.79. The smallest absolute Gasteiger partial charge is 0.0700 e. The molecule has 4 nitrogen and oxygen atoms in total. The summed E-state index contributed by atoms with van der Waals surface area (Å²) in [4.78, 5) is 2.45. The molecule has 0 saturated carbocycles. The van der Waals surface area contributed by atoms with E-state index in [1.165, 1.54) is 12.8 Å². The molecule has 1 N–H and O–H groups in total. The summed E-state index contributed by atoms with van der Waals surface area (Å²) in [6, 6.07) is 0. The van der Waals surface area contributed by atoms with Crippen LogP contribution in [0.2, 0.25) is 0 Å². The fourth-order valence-electron chi connectivity index (χ4n) is 2.13. The van der Waals surface area contributed by atoms with E-state index in [1.54, 1.807) is 0 Å². The normalized spacial score (nSPS) is 28.4. The van der Waals surface area contributed by atoms with Gasteiger partial charge >= 0.3 is 0 Å². The van der Waals surface area contributed by atoms with Gasteiger partial charge in [-0.05, 0) is 12.8 Å². The van der Waals surface area contributed by atoms with Crippen LogP contribution in [0.1, 0.15) is 12.8 Å². The van der Waals surface area contributed by atoms with Crippen molar-refractivity contribution in [3.63, 3.8) is 0 Å². The van der Waals surface area contributed by atoms with Crippen molar-refractivity contribution in [3.05, 3.63) is 0 Å². The largest absolute Gasteiger partial charge is 0.379 e. The molecule has 0 aromatic heterocycles. The molecule has 0 amide bonds. The van der Waals surface area contributed by atoms with Crippen molar-refractivity contribution in [2.75, 3.05) is 52.5 Å². The van der Waals surface area contributed by atoms with Crippen molar-refractivity contribution >= 4 is 0 Å². The fraction of sp³-hybridized carbons (Fsp3) is 1.00. The van der Waals surface area contributed by atoms with Gasteiger partial charge in [0.05, 0.1) is 19.3 Å². The van der Waals surface area contributed by atoms with Crippen molar-refractivity contribution in [2.24, 2.45) is 0 Å². The van der Waals surface area contributed by atoms with Gasteiger partial charge in [-0.3, -0.25) is 4.90 Å². The Bertz CT molecular complexity index is 166. The highest BCUT2D eigenvalue weighted by molar-refractivity contribution is 4.69. The molecular weight excluding hydrogens is 192 g/mol. The Labute approximate surface area is 91.9 Å². The molecule has 0 aromatic carbocycles. The van der Waals surface area contributed by atoms with Gasteiger partial charge in [0.1, 0.15) is 0 Å². The van der Waals surface area contributed by atoms with E-state index in [1.807, 2.05) is 0 Å². The summed E-state index contributed by atoms with van der Waals surface area (Å²) in [6.45, 7) is 8.14. The molecule has 15 heavy (non-hydrogen) atoms. The number of hydrogen-bond donors (Lipinski definition) is 1. The Balaban J connectivity index is 1.47. The minimum atomic E-state index is 0.467. The second-order valence-corrected chi connectivity index (χ2v) is 4.29.